The normalized spacial score (nSPS) is 15.1. The summed E-state index contributed by atoms with van der Waals surface area (Å²) in [6.45, 7) is 4.41. The molecule has 1 fully saturated rings. The molecule has 1 N–H and O–H groups in total. The van der Waals surface area contributed by atoms with Crippen LogP contribution in [0.3, 0.4) is 0 Å². The van der Waals surface area contributed by atoms with E-state index in [9.17, 15) is 14.0 Å². The zero-order valence-electron chi connectivity index (χ0n) is 17.1. The zero-order chi connectivity index (χ0) is 21.5. The van der Waals surface area contributed by atoms with Gasteiger partial charge in [0.05, 0.1) is 6.10 Å². The molecule has 0 atom stereocenters. The highest BCUT2D eigenvalue weighted by molar-refractivity contribution is 6.06. The van der Waals surface area contributed by atoms with Gasteiger partial charge in [-0.3, -0.25) is 4.79 Å². The Morgan fingerprint density at radius 3 is 2.50 bits per heavy atom. The number of hydrogen-bond donors (Lipinski definition) is 1. The van der Waals surface area contributed by atoms with Crippen LogP contribution in [0.15, 0.2) is 48.5 Å². The second-order valence-corrected chi connectivity index (χ2v) is 7.55. The maximum Gasteiger partial charge on any atom is 0.329 e. The number of aliphatic carboxylic acids is 1. The van der Waals surface area contributed by atoms with Crippen LogP contribution >= 0.6 is 0 Å². The minimum Gasteiger partial charge on any atom is -0.480 e. The number of ether oxygens (including phenoxy) is 1. The molecule has 3 rings (SSSR count). The van der Waals surface area contributed by atoms with Gasteiger partial charge in [-0.1, -0.05) is 23.8 Å². The summed E-state index contributed by atoms with van der Waals surface area (Å²) in [6, 6.07) is 13.4. The molecule has 2 aromatic rings. The molecule has 1 heterocycles. The van der Waals surface area contributed by atoms with Gasteiger partial charge in [-0.2, -0.15) is 0 Å². The number of carbonyl (C=O) groups is 2. The number of halogens is 1. The fourth-order valence-electron chi connectivity index (χ4n) is 3.58. The Morgan fingerprint density at radius 2 is 1.87 bits per heavy atom. The molecule has 0 aliphatic carbocycles. The number of hydrogen-bond acceptors (Lipinski definition) is 4. The number of aryl methyl sites for hydroxylation is 1. The lowest BCUT2D eigenvalue weighted by Crippen LogP contribution is -2.43. The summed E-state index contributed by atoms with van der Waals surface area (Å²) in [5.41, 5.74) is 2.19. The minimum absolute atomic E-state index is 0.0422. The summed E-state index contributed by atoms with van der Waals surface area (Å²) in [7, 11) is 0. The van der Waals surface area contributed by atoms with E-state index in [0.29, 0.717) is 18.7 Å². The monoisotopic (exact) mass is 414 g/mol. The van der Waals surface area contributed by atoms with Gasteiger partial charge in [0.15, 0.2) is 0 Å². The maximum absolute atomic E-state index is 13.6. The summed E-state index contributed by atoms with van der Waals surface area (Å²) in [5, 5.41) is 8.73. The van der Waals surface area contributed by atoms with Crippen LogP contribution in [0.2, 0.25) is 0 Å². The fraction of sp³-hybridized carbons (Fsp3) is 0.391. The topological polar surface area (TPSA) is 70.1 Å². The van der Waals surface area contributed by atoms with Crippen LogP contribution in [0.4, 0.5) is 10.1 Å². The molecule has 30 heavy (non-hydrogen) atoms. The summed E-state index contributed by atoms with van der Waals surface area (Å²) >= 11 is 0. The molecule has 1 aliphatic heterocycles. The van der Waals surface area contributed by atoms with E-state index < -0.39 is 11.8 Å². The van der Waals surface area contributed by atoms with Gasteiger partial charge in [0.1, 0.15) is 12.4 Å². The number of rotatable bonds is 8. The maximum atomic E-state index is 13.6. The first-order chi connectivity index (χ1) is 14.4. The van der Waals surface area contributed by atoms with Gasteiger partial charge in [-0.15, -0.1) is 0 Å². The van der Waals surface area contributed by atoms with Gasteiger partial charge in [0.2, 0.25) is 0 Å². The van der Waals surface area contributed by atoms with E-state index >= 15 is 0 Å². The van der Waals surface area contributed by atoms with Crippen LogP contribution in [0.1, 0.15) is 28.8 Å². The van der Waals surface area contributed by atoms with Crippen LogP contribution < -0.4 is 4.90 Å². The van der Waals surface area contributed by atoms with E-state index in [0.717, 1.165) is 37.2 Å². The lowest BCUT2D eigenvalue weighted by atomic mass is 10.1. The number of likely N-dealkylation sites (tertiary alicyclic amines) is 1. The van der Waals surface area contributed by atoms with E-state index in [1.165, 1.54) is 18.2 Å². The lowest BCUT2D eigenvalue weighted by Gasteiger charge is -2.33. The Bertz CT molecular complexity index is 864. The van der Waals surface area contributed by atoms with Gasteiger partial charge in [0.25, 0.3) is 5.91 Å². The molecule has 160 valence electrons. The van der Waals surface area contributed by atoms with Gasteiger partial charge in [-0.25, -0.2) is 9.18 Å². The van der Waals surface area contributed by atoms with E-state index in [2.05, 4.69) is 4.90 Å². The summed E-state index contributed by atoms with van der Waals surface area (Å²) in [4.78, 5) is 27.7. The highest BCUT2D eigenvalue weighted by Gasteiger charge is 2.23. The van der Waals surface area contributed by atoms with Crippen molar-refractivity contribution in [1.82, 2.24) is 4.90 Å². The molecule has 0 saturated carbocycles. The van der Waals surface area contributed by atoms with Crippen molar-refractivity contribution in [2.75, 3.05) is 37.7 Å². The molecule has 6 nitrogen and oxygen atoms in total. The van der Waals surface area contributed by atoms with Gasteiger partial charge < -0.3 is 19.6 Å². The number of piperidine rings is 1. The third-order valence-electron chi connectivity index (χ3n) is 5.28. The lowest BCUT2D eigenvalue weighted by molar-refractivity contribution is -0.145. The van der Waals surface area contributed by atoms with Crippen molar-refractivity contribution in [3.8, 4) is 0 Å². The molecule has 1 saturated heterocycles. The third kappa shape index (κ3) is 6.11. The van der Waals surface area contributed by atoms with Crippen LogP contribution in [-0.2, 0) is 9.53 Å². The van der Waals surface area contributed by atoms with Crippen molar-refractivity contribution in [3.05, 3.63) is 65.5 Å². The van der Waals surface area contributed by atoms with E-state index in [-0.39, 0.29) is 18.6 Å². The first-order valence-electron chi connectivity index (χ1n) is 10.1. The standard InChI is InChI=1S/C23H27FN2O4/c1-17-5-7-20(8-6-17)26(23(29)18-3-2-4-19(24)15-18)14-13-25-11-9-21(10-12-25)30-16-22(27)28/h2-8,15,21H,9-14,16H2,1H3,(H,27,28). The van der Waals surface area contributed by atoms with Crippen molar-refractivity contribution >= 4 is 17.6 Å². The fourth-order valence-corrected chi connectivity index (χ4v) is 3.58. The molecular formula is C23H27FN2O4. The van der Waals surface area contributed by atoms with E-state index in [1.807, 2.05) is 31.2 Å². The van der Waals surface area contributed by atoms with Crippen molar-refractivity contribution in [3.63, 3.8) is 0 Å². The Hall–Kier alpha value is -2.77. The van der Waals surface area contributed by atoms with Gasteiger partial charge in [-0.05, 0) is 50.1 Å². The van der Waals surface area contributed by atoms with Crippen molar-refractivity contribution in [1.29, 1.82) is 0 Å². The summed E-state index contributed by atoms with van der Waals surface area (Å²) in [5.74, 6) is -1.63. The second-order valence-electron chi connectivity index (χ2n) is 7.55. The Labute approximate surface area is 175 Å². The van der Waals surface area contributed by atoms with E-state index in [1.54, 1.807) is 11.0 Å². The molecule has 0 bridgehead atoms. The number of carboxylic acids is 1. The second kappa shape index (κ2) is 10.3. The number of anilines is 1. The smallest absolute Gasteiger partial charge is 0.329 e. The highest BCUT2D eigenvalue weighted by atomic mass is 19.1. The molecule has 0 spiro atoms. The quantitative estimate of drug-likeness (QED) is 0.717. The first-order valence-corrected chi connectivity index (χ1v) is 10.1. The molecule has 0 aromatic heterocycles. The predicted octanol–water partition coefficient (Wildman–Crippen LogP) is 3.35. The number of nitrogens with zero attached hydrogens (tertiary/aromatic N) is 2. The number of carbonyl (C=O) groups excluding carboxylic acids is 1. The number of carboxylic acid groups (broad SMARTS) is 1. The molecular weight excluding hydrogens is 387 g/mol. The molecule has 0 unspecified atom stereocenters. The number of amides is 1. The van der Waals surface area contributed by atoms with Crippen molar-refractivity contribution in [2.45, 2.75) is 25.9 Å². The summed E-state index contributed by atoms with van der Waals surface area (Å²) in [6.07, 6.45) is 1.48. The molecule has 1 aliphatic rings. The number of benzene rings is 2. The first kappa shape index (κ1) is 21.9. The van der Waals surface area contributed by atoms with Crippen LogP contribution in [0.5, 0.6) is 0 Å². The average molecular weight is 414 g/mol. The molecule has 0 radical (unpaired) electrons. The van der Waals surface area contributed by atoms with Gasteiger partial charge >= 0.3 is 5.97 Å². The molecule has 7 heteroatoms. The minimum atomic E-state index is -0.956. The van der Waals surface area contributed by atoms with Crippen LogP contribution in [0.25, 0.3) is 0 Å². The summed E-state index contributed by atoms with van der Waals surface area (Å²) < 4.78 is 19.0. The third-order valence-corrected chi connectivity index (χ3v) is 5.28. The molecule has 1 amide bonds. The highest BCUT2D eigenvalue weighted by Crippen LogP contribution is 2.20. The van der Waals surface area contributed by atoms with Crippen molar-refractivity contribution in [2.24, 2.45) is 0 Å². The Balaban J connectivity index is 1.64. The average Bonchev–Trinajstić information content (AvgIpc) is 2.74. The Morgan fingerprint density at radius 1 is 1.17 bits per heavy atom. The largest absolute Gasteiger partial charge is 0.480 e. The van der Waals surface area contributed by atoms with Crippen molar-refractivity contribution < 1.29 is 23.8 Å². The van der Waals surface area contributed by atoms with Crippen LogP contribution in [0, 0.1) is 12.7 Å². The van der Waals surface area contributed by atoms with E-state index in [4.69, 9.17) is 9.84 Å². The zero-order valence-corrected chi connectivity index (χ0v) is 17.1. The SMILES string of the molecule is Cc1ccc(N(CCN2CCC(OCC(=O)O)CC2)C(=O)c2cccc(F)c2)cc1. The van der Waals surface area contributed by atoms with Crippen LogP contribution in [-0.4, -0.2) is 60.8 Å². The molecule has 2 aromatic carbocycles. The van der Waals surface area contributed by atoms with Gasteiger partial charge in [0, 0.05) is 37.4 Å². The predicted molar refractivity (Wildman–Crippen MR) is 112 cm³/mol. The Kier molecular flexibility index (Phi) is 7.54.